The lowest BCUT2D eigenvalue weighted by Gasteiger charge is -2.02. The topological polar surface area (TPSA) is 46.5 Å². The number of hydrogen-bond donors (Lipinski definition) is 0. The fraction of sp³-hybridized carbons (Fsp3) is 0.0714. The highest BCUT2D eigenvalue weighted by Gasteiger charge is 2.28. The van der Waals surface area contributed by atoms with Crippen LogP contribution in [0.15, 0.2) is 57.8 Å². The second-order valence-electron chi connectivity index (χ2n) is 4.28. The predicted molar refractivity (Wildman–Crippen MR) is 70.4 cm³/mol. The minimum Gasteiger partial charge on any atom is -0.199 e. The number of rotatable bonds is 1. The van der Waals surface area contributed by atoms with Crippen LogP contribution in [0.25, 0.3) is 0 Å². The summed E-state index contributed by atoms with van der Waals surface area (Å²) in [6.45, 7) is 1.97. The van der Waals surface area contributed by atoms with E-state index in [-0.39, 0.29) is 0 Å². The highest BCUT2D eigenvalue weighted by Crippen LogP contribution is 2.28. The number of nitrogens with zero attached hydrogens (tertiary/aromatic N) is 1. The molecule has 3 rings (SSSR count). The second-order valence-corrected chi connectivity index (χ2v) is 5.85. The number of benzene rings is 2. The van der Waals surface area contributed by atoms with E-state index < -0.39 is 10.0 Å². The van der Waals surface area contributed by atoms with Gasteiger partial charge in [-0.3, -0.25) is 0 Å². The van der Waals surface area contributed by atoms with Crippen molar-refractivity contribution in [1.82, 2.24) is 0 Å². The van der Waals surface area contributed by atoms with Crippen LogP contribution in [-0.4, -0.2) is 14.1 Å². The molecule has 0 aliphatic carbocycles. The van der Waals surface area contributed by atoms with E-state index in [1.165, 1.54) is 0 Å². The van der Waals surface area contributed by atoms with Gasteiger partial charge in [0, 0.05) is 11.1 Å². The van der Waals surface area contributed by atoms with Crippen molar-refractivity contribution in [2.45, 2.75) is 11.8 Å². The van der Waals surface area contributed by atoms with Gasteiger partial charge in [-0.15, -0.1) is 0 Å². The van der Waals surface area contributed by atoms with Gasteiger partial charge < -0.3 is 0 Å². The number of aryl methyl sites for hydroxylation is 1. The Balaban J connectivity index is 2.27. The molecule has 4 heteroatoms. The van der Waals surface area contributed by atoms with Crippen LogP contribution in [0.3, 0.4) is 0 Å². The number of fused-ring (bicyclic) bond motifs is 1. The highest BCUT2D eigenvalue weighted by atomic mass is 32.2. The normalized spacial score (nSPS) is 16.2. The van der Waals surface area contributed by atoms with Crippen LogP contribution in [0, 0.1) is 6.92 Å². The maximum Gasteiger partial charge on any atom is 0.283 e. The average molecular weight is 257 g/mol. The summed E-state index contributed by atoms with van der Waals surface area (Å²) in [5.41, 5.74) is 3.14. The molecule has 0 atom stereocenters. The quantitative estimate of drug-likeness (QED) is 0.788. The summed E-state index contributed by atoms with van der Waals surface area (Å²) in [5, 5.41) is 0. The largest absolute Gasteiger partial charge is 0.283 e. The van der Waals surface area contributed by atoms with Crippen molar-refractivity contribution < 1.29 is 8.42 Å². The fourth-order valence-corrected chi connectivity index (χ4v) is 3.34. The third-order valence-electron chi connectivity index (χ3n) is 2.92. The van der Waals surface area contributed by atoms with E-state index in [2.05, 4.69) is 4.40 Å². The summed E-state index contributed by atoms with van der Waals surface area (Å²) in [4.78, 5) is 0.293. The van der Waals surface area contributed by atoms with Crippen LogP contribution in [-0.2, 0) is 10.0 Å². The third-order valence-corrected chi connectivity index (χ3v) is 4.26. The average Bonchev–Trinajstić information content (AvgIpc) is 2.63. The summed E-state index contributed by atoms with van der Waals surface area (Å²) < 4.78 is 27.8. The minimum absolute atomic E-state index is 0.293. The zero-order valence-electron chi connectivity index (χ0n) is 9.79. The lowest BCUT2D eigenvalue weighted by Crippen LogP contribution is -2.00. The molecule has 0 amide bonds. The number of hydrogen-bond acceptors (Lipinski definition) is 2. The van der Waals surface area contributed by atoms with Gasteiger partial charge in [0.05, 0.1) is 10.6 Å². The van der Waals surface area contributed by atoms with Crippen LogP contribution in [0.4, 0.5) is 0 Å². The van der Waals surface area contributed by atoms with Crippen molar-refractivity contribution in [1.29, 1.82) is 0 Å². The van der Waals surface area contributed by atoms with E-state index in [0.29, 0.717) is 16.2 Å². The molecule has 0 spiro atoms. The first kappa shape index (κ1) is 11.2. The Morgan fingerprint density at radius 2 is 1.78 bits per heavy atom. The first-order valence-corrected chi connectivity index (χ1v) is 7.03. The monoisotopic (exact) mass is 257 g/mol. The van der Waals surface area contributed by atoms with E-state index in [1.54, 1.807) is 18.2 Å². The molecular formula is C14H11NO2S. The first-order valence-electron chi connectivity index (χ1n) is 5.59. The van der Waals surface area contributed by atoms with Gasteiger partial charge in [0.15, 0.2) is 0 Å². The highest BCUT2D eigenvalue weighted by molar-refractivity contribution is 7.90. The van der Waals surface area contributed by atoms with Crippen molar-refractivity contribution >= 4 is 15.7 Å². The molecule has 2 aromatic rings. The molecule has 0 saturated carbocycles. The standard InChI is InChI=1S/C14H11NO2S/c1-10-5-4-6-11(9-10)14-12-7-2-3-8-13(12)18(16,17)15-14/h2-9H,1H3. The lowest BCUT2D eigenvalue weighted by atomic mass is 10.0. The van der Waals surface area contributed by atoms with E-state index in [1.807, 2.05) is 37.3 Å². The van der Waals surface area contributed by atoms with E-state index in [4.69, 9.17) is 0 Å². The Hall–Kier alpha value is -1.94. The molecule has 1 aliphatic heterocycles. The van der Waals surface area contributed by atoms with Crippen LogP contribution in [0.2, 0.25) is 0 Å². The van der Waals surface area contributed by atoms with Crippen molar-refractivity contribution in [2.24, 2.45) is 4.40 Å². The summed E-state index contributed by atoms with van der Waals surface area (Å²) in [7, 11) is -3.53. The van der Waals surface area contributed by atoms with Crippen LogP contribution in [0.5, 0.6) is 0 Å². The molecule has 90 valence electrons. The van der Waals surface area contributed by atoms with Gasteiger partial charge in [0.2, 0.25) is 0 Å². The molecular weight excluding hydrogens is 246 g/mol. The molecule has 0 bridgehead atoms. The Morgan fingerprint density at radius 1 is 1.00 bits per heavy atom. The molecule has 0 radical (unpaired) electrons. The van der Waals surface area contributed by atoms with Crippen molar-refractivity contribution in [2.75, 3.05) is 0 Å². The Morgan fingerprint density at radius 3 is 2.56 bits per heavy atom. The van der Waals surface area contributed by atoms with Gasteiger partial charge in [-0.1, -0.05) is 42.0 Å². The maximum absolute atomic E-state index is 11.9. The minimum atomic E-state index is -3.53. The zero-order valence-corrected chi connectivity index (χ0v) is 10.6. The van der Waals surface area contributed by atoms with Crippen molar-refractivity contribution in [3.63, 3.8) is 0 Å². The van der Waals surface area contributed by atoms with Crippen molar-refractivity contribution in [3.05, 3.63) is 65.2 Å². The molecule has 1 heterocycles. The SMILES string of the molecule is Cc1cccc(C2=NS(=O)(=O)c3ccccc32)c1. The molecule has 2 aromatic carbocycles. The molecule has 3 nitrogen and oxygen atoms in total. The van der Waals surface area contributed by atoms with Gasteiger partial charge in [-0.2, -0.15) is 12.8 Å². The van der Waals surface area contributed by atoms with Crippen molar-refractivity contribution in [3.8, 4) is 0 Å². The second kappa shape index (κ2) is 3.78. The summed E-state index contributed by atoms with van der Waals surface area (Å²) in [5.74, 6) is 0. The van der Waals surface area contributed by atoms with Gasteiger partial charge in [0.25, 0.3) is 10.0 Å². The summed E-state index contributed by atoms with van der Waals surface area (Å²) in [6.07, 6.45) is 0. The first-order chi connectivity index (χ1) is 8.58. The van der Waals surface area contributed by atoms with Gasteiger partial charge in [-0.05, 0) is 19.1 Å². The van der Waals surface area contributed by atoms with Gasteiger partial charge in [0.1, 0.15) is 0 Å². The van der Waals surface area contributed by atoms with Gasteiger partial charge in [-0.25, -0.2) is 0 Å². The zero-order chi connectivity index (χ0) is 12.8. The van der Waals surface area contributed by atoms with E-state index in [0.717, 1.165) is 11.1 Å². The maximum atomic E-state index is 11.9. The number of sulfonamides is 1. The predicted octanol–water partition coefficient (Wildman–Crippen LogP) is 2.53. The molecule has 0 N–H and O–H groups in total. The smallest absolute Gasteiger partial charge is 0.199 e. The van der Waals surface area contributed by atoms with Gasteiger partial charge >= 0.3 is 0 Å². The molecule has 0 saturated heterocycles. The summed E-state index contributed by atoms with van der Waals surface area (Å²) in [6, 6.07) is 14.6. The van der Waals surface area contributed by atoms with Crippen LogP contribution in [0.1, 0.15) is 16.7 Å². The lowest BCUT2D eigenvalue weighted by molar-refractivity contribution is 0.599. The molecule has 0 aromatic heterocycles. The molecule has 18 heavy (non-hydrogen) atoms. The Bertz CT molecular complexity index is 761. The fourth-order valence-electron chi connectivity index (χ4n) is 2.11. The Kier molecular flexibility index (Phi) is 2.35. The molecule has 0 fully saturated rings. The van der Waals surface area contributed by atoms with E-state index >= 15 is 0 Å². The Labute approximate surface area is 106 Å². The third kappa shape index (κ3) is 1.66. The molecule has 1 aliphatic rings. The van der Waals surface area contributed by atoms with E-state index in [9.17, 15) is 8.42 Å². The summed E-state index contributed by atoms with van der Waals surface area (Å²) >= 11 is 0. The molecule has 0 unspecified atom stereocenters. The van der Waals surface area contributed by atoms with Crippen LogP contribution >= 0.6 is 0 Å². The van der Waals surface area contributed by atoms with Crippen LogP contribution < -0.4 is 0 Å².